The number of phenolic OH excluding ortho intramolecular Hbond substituents is 1. The molecule has 8 N–H and O–H groups in total. The Morgan fingerprint density at radius 2 is 1.66 bits per heavy atom. The Kier molecular flexibility index (Phi) is 18.1. The summed E-state index contributed by atoms with van der Waals surface area (Å²) in [5.41, 5.74) is 7.52. The van der Waals surface area contributed by atoms with Crippen molar-refractivity contribution in [3.05, 3.63) is 148 Å². The van der Waals surface area contributed by atoms with E-state index in [0.717, 1.165) is 108 Å². The topological polar surface area (TPSA) is 176 Å². The van der Waals surface area contributed by atoms with E-state index in [4.69, 9.17) is 4.74 Å². The van der Waals surface area contributed by atoms with Crippen molar-refractivity contribution >= 4 is 28.0 Å². The second-order valence-electron chi connectivity index (χ2n) is 24.0. The first-order valence-corrected chi connectivity index (χ1v) is 29.8. The molecule has 0 unspecified atom stereocenters. The quantitative estimate of drug-likeness (QED) is 0.0578. The number of ether oxygens (including phenoxy) is 1. The molecule has 10 rings (SSSR count). The number of dihydropyridines is 1. The van der Waals surface area contributed by atoms with E-state index in [1.165, 1.54) is 18.2 Å². The molecule has 2 saturated carbocycles. The highest BCUT2D eigenvalue weighted by molar-refractivity contribution is 6.00. The fourth-order valence-corrected chi connectivity index (χ4v) is 14.6. The molecule has 5 aliphatic rings. The maximum Gasteiger partial charge on any atom is 0.160 e. The van der Waals surface area contributed by atoms with Crippen LogP contribution in [0, 0.1) is 47.3 Å². The number of ketones is 2. The fourth-order valence-electron chi connectivity index (χ4n) is 14.6. The van der Waals surface area contributed by atoms with Crippen molar-refractivity contribution in [3.63, 3.8) is 0 Å². The summed E-state index contributed by atoms with van der Waals surface area (Å²) in [6, 6.07) is 28.8. The molecule has 0 amide bonds. The number of hydrogen-bond donors (Lipinski definition) is 8. The van der Waals surface area contributed by atoms with Crippen LogP contribution in [0.3, 0.4) is 0 Å². The van der Waals surface area contributed by atoms with E-state index in [9.17, 15) is 25.2 Å². The molecule has 11 heteroatoms. The molecule has 79 heavy (non-hydrogen) atoms. The van der Waals surface area contributed by atoms with Gasteiger partial charge in [0, 0.05) is 67.5 Å². The van der Waals surface area contributed by atoms with Crippen LogP contribution in [-0.2, 0) is 27.8 Å². The van der Waals surface area contributed by atoms with Crippen molar-refractivity contribution in [2.24, 2.45) is 35.5 Å². The van der Waals surface area contributed by atoms with Gasteiger partial charge in [-0.15, -0.1) is 0 Å². The van der Waals surface area contributed by atoms with Crippen molar-refractivity contribution in [2.45, 2.75) is 146 Å². The van der Waals surface area contributed by atoms with Crippen LogP contribution in [0.25, 0.3) is 10.8 Å². The van der Waals surface area contributed by atoms with Crippen LogP contribution in [-0.4, -0.2) is 82.5 Å². The van der Waals surface area contributed by atoms with Gasteiger partial charge in [-0.25, -0.2) is 0 Å². The Morgan fingerprint density at radius 1 is 0.835 bits per heavy atom. The number of fused-ring (bicyclic) bond motifs is 10. The lowest BCUT2D eigenvalue weighted by molar-refractivity contribution is -0.130. The van der Waals surface area contributed by atoms with Gasteiger partial charge in [0.25, 0.3) is 0 Å². The molecule has 0 radical (unpaired) electrons. The third kappa shape index (κ3) is 12.7. The largest absolute Gasteiger partial charge is 0.504 e. The van der Waals surface area contributed by atoms with Crippen LogP contribution in [0.4, 0.5) is 5.69 Å². The van der Waals surface area contributed by atoms with Gasteiger partial charge in [-0.2, -0.15) is 0 Å². The molecule has 5 aromatic rings. The number of β-amino-alcohol motifs (C(OH)–C–C–N with tert-alkyl or cyclic N) is 1. The third-order valence-electron chi connectivity index (χ3n) is 18.8. The summed E-state index contributed by atoms with van der Waals surface area (Å²) < 4.78 is 5.60. The van der Waals surface area contributed by atoms with E-state index < -0.39 is 35.4 Å². The number of carbonyl (C=O) groups excluding carboxylic acids is 2. The summed E-state index contributed by atoms with van der Waals surface area (Å²) in [6.45, 7) is 6.22. The zero-order valence-electron chi connectivity index (χ0n) is 46.7. The van der Waals surface area contributed by atoms with Gasteiger partial charge in [-0.05, 0) is 174 Å². The number of carbonyl (C=O) groups is 2. The number of aryl methyl sites for hydroxylation is 1. The predicted octanol–water partition coefficient (Wildman–Crippen LogP) is 11.3. The Bertz CT molecular complexity index is 3050. The zero-order valence-corrected chi connectivity index (χ0v) is 46.7. The average molecular weight is 1070 g/mol. The molecular formula is C68H84N4O7. The Morgan fingerprint density at radius 3 is 2.46 bits per heavy atom. The first-order chi connectivity index (χ1) is 38.4. The third-order valence-corrected chi connectivity index (χ3v) is 18.8. The SMILES string of the molecule is CCC[C@H]1[C@H]2C[C@@H](C[C@@H]3C#C[C@@H](c4ccccc4)c4cc(O)c(OC)cc4CCC(=O)CC(=O)[C@H]3C2)[C@@H](CCCO)C2=CCNC(=C2)Nc2ccc3ccc(cc3c2)C[C@H](O)CNC[C@H](C)c2c[nH]c(c2)C2(CCCCC2)[C@@H]1O. The number of nitrogens with one attached hydrogen (secondary N) is 4. The lowest BCUT2D eigenvalue weighted by Crippen LogP contribution is -2.48. The Balaban J connectivity index is 1.13. The summed E-state index contributed by atoms with van der Waals surface area (Å²) in [5.74, 6) is 7.05. The molecule has 0 saturated heterocycles. The predicted molar refractivity (Wildman–Crippen MR) is 314 cm³/mol. The first kappa shape index (κ1) is 56.1. The normalized spacial score (nSPS) is 27.9. The number of aliphatic hydroxyl groups is 3. The maximum absolute atomic E-state index is 15.4. The van der Waals surface area contributed by atoms with Gasteiger partial charge in [0.2, 0.25) is 0 Å². The van der Waals surface area contributed by atoms with Crippen LogP contribution >= 0.6 is 0 Å². The number of rotatable bonds is 7. The number of allylic oxidation sites excluding steroid dienone is 2. The van der Waals surface area contributed by atoms with Crippen molar-refractivity contribution in [3.8, 4) is 23.3 Å². The van der Waals surface area contributed by atoms with E-state index in [2.05, 4.69) is 120 Å². The van der Waals surface area contributed by atoms with E-state index in [1.54, 1.807) is 6.07 Å². The van der Waals surface area contributed by atoms with Crippen molar-refractivity contribution in [1.82, 2.24) is 15.6 Å². The average Bonchev–Trinajstić information content (AvgIpc) is 3.90. The Hall–Kier alpha value is -6.16. The van der Waals surface area contributed by atoms with Crippen LogP contribution in [0.2, 0.25) is 0 Å². The number of Topliss-reactive ketones (excluding diaryl/α,β-unsaturated/α-hetero) is 2. The molecule has 10 atom stereocenters. The standard InChI is InChI=1S/C68H84N4O7/c1-4-12-59-52-32-51(31-47-20-23-58(46-13-7-5-8-14-46)60-39-63(77)64(79-3)35-48(60)19-22-55(74)38-62(76)61(47)34-52)57(15-11-28-73)49-24-27-70-66(37-49)72-54-21-18-45-17-16-44(29-50(45)33-54)30-56(75)42-69-40-43(2)53-36-65(71-41-53)68(67(59)78)25-9-6-10-26-68/h5,7-8,13-14,16-18,21,24,29,33,35-37,39,41,43,47,51-52,56-59,61,67,69-73,75,77-78H,4,6,9-12,15,19,22,25-28,30-32,34,38,40,42H2,1-3H3/t43-,47-,51+,52-,56-,57-,58-,59-,61-,67+/m0/s1. The van der Waals surface area contributed by atoms with Crippen LogP contribution in [0.15, 0.2) is 115 Å². The number of aliphatic hydroxyl groups excluding tert-OH is 3. The minimum atomic E-state index is -0.711. The second-order valence-corrected chi connectivity index (χ2v) is 24.0. The fraction of sp³-hybridized carbons (Fsp3) is 0.500. The van der Waals surface area contributed by atoms with Gasteiger partial charge in [0.15, 0.2) is 11.5 Å². The van der Waals surface area contributed by atoms with Gasteiger partial charge in [-0.3, -0.25) is 9.59 Å². The molecule has 3 aliphatic carbocycles. The Labute approximate surface area is 468 Å². The van der Waals surface area contributed by atoms with Crippen molar-refractivity contribution in [1.29, 1.82) is 0 Å². The lowest BCUT2D eigenvalue weighted by atomic mass is 9.61. The summed E-state index contributed by atoms with van der Waals surface area (Å²) >= 11 is 0. The number of H-pyrrole nitrogens is 1. The van der Waals surface area contributed by atoms with Gasteiger partial charge < -0.3 is 46.1 Å². The highest BCUT2D eigenvalue weighted by Crippen LogP contribution is 2.52. The molecule has 1 aromatic heterocycles. The molecule has 2 fully saturated rings. The van der Waals surface area contributed by atoms with Crippen LogP contribution < -0.4 is 20.7 Å². The monoisotopic (exact) mass is 1070 g/mol. The minimum Gasteiger partial charge on any atom is -0.504 e. The zero-order chi connectivity index (χ0) is 55.0. The number of anilines is 1. The molecular weight excluding hydrogens is 985 g/mol. The minimum absolute atomic E-state index is 0.00176. The van der Waals surface area contributed by atoms with Gasteiger partial charge in [0.1, 0.15) is 17.4 Å². The highest BCUT2D eigenvalue weighted by Gasteiger charge is 2.50. The molecule has 4 aromatic carbocycles. The molecule has 418 valence electrons. The number of aromatic nitrogens is 1. The summed E-state index contributed by atoms with van der Waals surface area (Å²) in [7, 11) is 1.52. The number of benzene rings is 4. The summed E-state index contributed by atoms with van der Waals surface area (Å²) in [6.07, 6.45) is 15.9. The highest BCUT2D eigenvalue weighted by atomic mass is 16.5. The van der Waals surface area contributed by atoms with E-state index >= 15 is 4.79 Å². The molecule has 11 nitrogen and oxygen atoms in total. The van der Waals surface area contributed by atoms with E-state index in [-0.39, 0.29) is 66.4 Å². The van der Waals surface area contributed by atoms with Gasteiger partial charge in [0.05, 0.1) is 31.7 Å². The first-order valence-electron chi connectivity index (χ1n) is 29.8. The molecule has 3 heterocycles. The second kappa shape index (κ2) is 25.5. The van der Waals surface area contributed by atoms with Crippen LogP contribution in [0.5, 0.6) is 11.5 Å². The number of aromatic hydroxyl groups is 1. The van der Waals surface area contributed by atoms with Gasteiger partial charge in [-0.1, -0.05) is 112 Å². The molecule has 9 bridgehead atoms. The maximum atomic E-state index is 15.4. The number of hydrogen-bond acceptors (Lipinski definition) is 10. The number of methoxy groups -OCH3 is 1. The van der Waals surface area contributed by atoms with E-state index in [0.29, 0.717) is 57.5 Å². The van der Waals surface area contributed by atoms with E-state index in [1.807, 2.05) is 24.3 Å². The smallest absolute Gasteiger partial charge is 0.160 e. The van der Waals surface area contributed by atoms with Crippen molar-refractivity contribution < 1.29 is 34.8 Å². The lowest BCUT2D eigenvalue weighted by Gasteiger charge is -2.46. The molecule has 2 aliphatic heterocycles. The summed E-state index contributed by atoms with van der Waals surface area (Å²) in [4.78, 5) is 33.4. The number of phenols is 1. The van der Waals surface area contributed by atoms with Crippen molar-refractivity contribution in [2.75, 3.05) is 38.7 Å². The van der Waals surface area contributed by atoms with Crippen LogP contribution in [0.1, 0.15) is 149 Å². The summed E-state index contributed by atoms with van der Waals surface area (Å²) in [5, 5.41) is 60.1. The number of aromatic amines is 1. The van der Waals surface area contributed by atoms with Gasteiger partial charge >= 0.3 is 0 Å². The molecule has 1 spiro atoms.